The lowest BCUT2D eigenvalue weighted by Gasteiger charge is -2.23. The van der Waals surface area contributed by atoms with Crippen molar-refractivity contribution in [2.24, 2.45) is 5.73 Å². The summed E-state index contributed by atoms with van der Waals surface area (Å²) < 4.78 is 5.73. The molecule has 1 aromatic rings. The van der Waals surface area contributed by atoms with Gasteiger partial charge in [-0.05, 0) is 18.6 Å². The van der Waals surface area contributed by atoms with Crippen LogP contribution in [0, 0.1) is 0 Å². The van der Waals surface area contributed by atoms with E-state index in [0.717, 1.165) is 6.42 Å². The number of hydrogen-bond acceptors (Lipinski definition) is 2. The SMILES string of the molecule is CC[C@@H](CN(C)C(N)=O)Oc1ccc(Cl)c(Cl)c1. The largest absolute Gasteiger partial charge is 0.489 e. The fourth-order valence-corrected chi connectivity index (χ4v) is 1.68. The first kappa shape index (κ1) is 14.9. The van der Waals surface area contributed by atoms with Crippen molar-refractivity contribution in [2.45, 2.75) is 19.4 Å². The maximum atomic E-state index is 11.0. The van der Waals surface area contributed by atoms with Crippen LogP contribution in [0.2, 0.25) is 10.0 Å². The molecule has 0 fully saturated rings. The molecule has 6 heteroatoms. The van der Waals surface area contributed by atoms with Crippen LogP contribution in [-0.2, 0) is 0 Å². The van der Waals surface area contributed by atoms with Crippen molar-refractivity contribution >= 4 is 29.2 Å². The molecule has 0 saturated carbocycles. The highest BCUT2D eigenvalue weighted by Crippen LogP contribution is 2.27. The molecule has 18 heavy (non-hydrogen) atoms. The maximum Gasteiger partial charge on any atom is 0.314 e. The van der Waals surface area contributed by atoms with Crippen LogP contribution in [-0.4, -0.2) is 30.6 Å². The molecule has 0 aliphatic heterocycles. The van der Waals surface area contributed by atoms with E-state index in [1.54, 1.807) is 25.2 Å². The van der Waals surface area contributed by atoms with Crippen LogP contribution in [0.15, 0.2) is 18.2 Å². The minimum atomic E-state index is -0.480. The maximum absolute atomic E-state index is 11.0. The lowest BCUT2D eigenvalue weighted by Crippen LogP contribution is -2.39. The average molecular weight is 291 g/mol. The fourth-order valence-electron chi connectivity index (χ4n) is 1.39. The van der Waals surface area contributed by atoms with Crippen molar-refractivity contribution < 1.29 is 9.53 Å². The summed E-state index contributed by atoms with van der Waals surface area (Å²) in [5.74, 6) is 0.620. The van der Waals surface area contributed by atoms with Gasteiger partial charge >= 0.3 is 6.03 Å². The molecule has 1 atom stereocenters. The number of nitrogens with zero attached hydrogens (tertiary/aromatic N) is 1. The number of carbonyl (C=O) groups is 1. The van der Waals surface area contributed by atoms with Gasteiger partial charge in [-0.3, -0.25) is 0 Å². The molecular formula is C12H16Cl2N2O2. The van der Waals surface area contributed by atoms with Gasteiger partial charge in [0.25, 0.3) is 0 Å². The molecule has 0 aromatic heterocycles. The summed E-state index contributed by atoms with van der Waals surface area (Å²) in [4.78, 5) is 12.4. The highest BCUT2D eigenvalue weighted by Gasteiger charge is 2.14. The van der Waals surface area contributed by atoms with Crippen molar-refractivity contribution in [1.82, 2.24) is 4.90 Å². The first-order valence-corrected chi connectivity index (χ1v) is 6.32. The van der Waals surface area contributed by atoms with E-state index in [0.29, 0.717) is 22.3 Å². The van der Waals surface area contributed by atoms with Crippen molar-refractivity contribution in [3.05, 3.63) is 28.2 Å². The Morgan fingerprint density at radius 3 is 2.61 bits per heavy atom. The lowest BCUT2D eigenvalue weighted by molar-refractivity contribution is 0.150. The standard InChI is InChI=1S/C12H16Cl2N2O2/c1-3-8(7-16(2)12(15)17)18-9-4-5-10(13)11(14)6-9/h4-6,8H,3,7H2,1-2H3,(H2,15,17)/t8-/m0/s1. The second kappa shape index (κ2) is 6.71. The third-order valence-electron chi connectivity index (χ3n) is 2.50. The average Bonchev–Trinajstić information content (AvgIpc) is 2.32. The summed E-state index contributed by atoms with van der Waals surface area (Å²) in [6.07, 6.45) is 0.609. The van der Waals surface area contributed by atoms with E-state index in [-0.39, 0.29) is 6.10 Å². The van der Waals surface area contributed by atoms with Gasteiger partial charge in [0, 0.05) is 13.1 Å². The molecule has 0 saturated heterocycles. The van der Waals surface area contributed by atoms with Gasteiger partial charge in [-0.2, -0.15) is 0 Å². The van der Waals surface area contributed by atoms with Crippen molar-refractivity contribution in [3.8, 4) is 5.75 Å². The van der Waals surface area contributed by atoms with E-state index in [4.69, 9.17) is 33.7 Å². The minimum absolute atomic E-state index is 0.139. The Balaban J connectivity index is 2.67. The zero-order chi connectivity index (χ0) is 13.7. The third kappa shape index (κ3) is 4.27. The van der Waals surface area contributed by atoms with Crippen molar-refractivity contribution in [2.75, 3.05) is 13.6 Å². The van der Waals surface area contributed by atoms with Gasteiger partial charge in [-0.15, -0.1) is 0 Å². The Labute approximate surface area is 117 Å². The quantitative estimate of drug-likeness (QED) is 0.906. The van der Waals surface area contributed by atoms with E-state index in [1.165, 1.54) is 4.90 Å². The molecule has 1 aromatic carbocycles. The van der Waals surface area contributed by atoms with Gasteiger partial charge in [-0.1, -0.05) is 30.1 Å². The van der Waals surface area contributed by atoms with Gasteiger partial charge < -0.3 is 15.4 Å². The molecule has 0 spiro atoms. The Morgan fingerprint density at radius 1 is 1.44 bits per heavy atom. The molecule has 0 aliphatic rings. The number of ether oxygens (including phenoxy) is 1. The Morgan fingerprint density at radius 2 is 2.11 bits per heavy atom. The van der Waals surface area contributed by atoms with Crippen LogP contribution in [0.4, 0.5) is 4.79 Å². The summed E-state index contributed by atoms with van der Waals surface area (Å²) in [5, 5.41) is 0.915. The van der Waals surface area contributed by atoms with Crippen LogP contribution in [0.5, 0.6) is 5.75 Å². The number of rotatable bonds is 5. The molecule has 0 radical (unpaired) electrons. The topological polar surface area (TPSA) is 55.6 Å². The second-order valence-electron chi connectivity index (χ2n) is 3.94. The van der Waals surface area contributed by atoms with Crippen LogP contribution >= 0.6 is 23.2 Å². The van der Waals surface area contributed by atoms with E-state index >= 15 is 0 Å². The van der Waals surface area contributed by atoms with Gasteiger partial charge in [0.1, 0.15) is 11.9 Å². The number of amides is 2. The zero-order valence-electron chi connectivity index (χ0n) is 10.3. The summed E-state index contributed by atoms with van der Waals surface area (Å²) in [6.45, 7) is 2.39. The number of hydrogen-bond donors (Lipinski definition) is 1. The summed E-state index contributed by atoms with van der Waals surface area (Å²) >= 11 is 11.7. The number of halogens is 2. The fraction of sp³-hybridized carbons (Fsp3) is 0.417. The Kier molecular flexibility index (Phi) is 5.56. The van der Waals surface area contributed by atoms with Crippen molar-refractivity contribution in [3.63, 3.8) is 0 Å². The molecule has 0 heterocycles. The number of primary amides is 1. The molecule has 1 rings (SSSR count). The molecule has 0 bridgehead atoms. The molecule has 4 nitrogen and oxygen atoms in total. The molecule has 2 amide bonds. The summed E-state index contributed by atoms with van der Waals surface area (Å²) in [7, 11) is 1.63. The normalized spacial score (nSPS) is 12.0. The second-order valence-corrected chi connectivity index (χ2v) is 4.76. The predicted molar refractivity (Wildman–Crippen MR) is 73.4 cm³/mol. The number of urea groups is 1. The Hall–Kier alpha value is -1.13. The van der Waals surface area contributed by atoms with Crippen LogP contribution in [0.1, 0.15) is 13.3 Å². The molecule has 0 unspecified atom stereocenters. The molecule has 0 aliphatic carbocycles. The summed E-state index contributed by atoms with van der Waals surface area (Å²) in [5.41, 5.74) is 5.17. The minimum Gasteiger partial charge on any atom is -0.489 e. The molecular weight excluding hydrogens is 275 g/mol. The Bertz CT molecular complexity index is 427. The van der Waals surface area contributed by atoms with Gasteiger partial charge in [0.15, 0.2) is 0 Å². The summed E-state index contributed by atoms with van der Waals surface area (Å²) in [6, 6.07) is 4.58. The predicted octanol–water partition coefficient (Wildman–Crippen LogP) is 3.16. The van der Waals surface area contributed by atoms with Gasteiger partial charge in [0.05, 0.1) is 16.6 Å². The van der Waals surface area contributed by atoms with Crippen LogP contribution in [0.3, 0.4) is 0 Å². The van der Waals surface area contributed by atoms with E-state index in [1.807, 2.05) is 6.92 Å². The zero-order valence-corrected chi connectivity index (χ0v) is 11.8. The highest BCUT2D eigenvalue weighted by atomic mass is 35.5. The first-order valence-electron chi connectivity index (χ1n) is 5.56. The van der Waals surface area contributed by atoms with Gasteiger partial charge in [0.2, 0.25) is 0 Å². The highest BCUT2D eigenvalue weighted by molar-refractivity contribution is 6.42. The van der Waals surface area contributed by atoms with Crippen molar-refractivity contribution in [1.29, 1.82) is 0 Å². The number of likely N-dealkylation sites (N-methyl/N-ethyl adjacent to an activating group) is 1. The number of carbonyl (C=O) groups excluding carboxylic acids is 1. The van der Waals surface area contributed by atoms with Gasteiger partial charge in [-0.25, -0.2) is 4.79 Å². The van der Waals surface area contributed by atoms with E-state index in [9.17, 15) is 4.79 Å². The van der Waals surface area contributed by atoms with E-state index < -0.39 is 6.03 Å². The monoisotopic (exact) mass is 290 g/mol. The third-order valence-corrected chi connectivity index (χ3v) is 3.24. The smallest absolute Gasteiger partial charge is 0.314 e. The van der Waals surface area contributed by atoms with Crippen LogP contribution in [0.25, 0.3) is 0 Å². The van der Waals surface area contributed by atoms with E-state index in [2.05, 4.69) is 0 Å². The number of nitrogens with two attached hydrogens (primary N) is 1. The first-order chi connectivity index (χ1) is 8.43. The van der Waals surface area contributed by atoms with Crippen LogP contribution < -0.4 is 10.5 Å². The lowest BCUT2D eigenvalue weighted by atomic mass is 10.2. The number of benzene rings is 1. The molecule has 2 N–H and O–H groups in total. The molecule has 100 valence electrons.